The third kappa shape index (κ3) is 7.16. The molecule has 1 atom stereocenters. The Hall–Kier alpha value is -0.170. The van der Waals surface area contributed by atoms with E-state index in [2.05, 4.69) is 10.0 Å². The van der Waals surface area contributed by atoms with E-state index in [1.165, 1.54) is 0 Å². The fraction of sp³-hybridized carbons (Fsp3) is 1.00. The van der Waals surface area contributed by atoms with Crippen molar-refractivity contribution in [3.63, 3.8) is 0 Å². The maximum absolute atomic E-state index is 11.7. The molecular formula is C10H24N2O3S. The van der Waals surface area contributed by atoms with E-state index in [1.807, 2.05) is 13.8 Å². The summed E-state index contributed by atoms with van der Waals surface area (Å²) >= 11 is 0. The summed E-state index contributed by atoms with van der Waals surface area (Å²) in [4.78, 5) is 0. The Labute approximate surface area is 99.0 Å². The van der Waals surface area contributed by atoms with Crippen LogP contribution in [0.25, 0.3) is 0 Å². The minimum atomic E-state index is -3.19. The van der Waals surface area contributed by atoms with Crippen LogP contribution in [0.5, 0.6) is 0 Å². The first-order valence-corrected chi connectivity index (χ1v) is 7.36. The maximum atomic E-state index is 11.7. The van der Waals surface area contributed by atoms with Crippen molar-refractivity contribution in [2.24, 2.45) is 0 Å². The minimum Gasteiger partial charge on any atom is -0.382 e. The molecule has 0 aromatic rings. The Morgan fingerprint density at radius 3 is 2.56 bits per heavy atom. The van der Waals surface area contributed by atoms with Gasteiger partial charge in [-0.05, 0) is 26.8 Å². The van der Waals surface area contributed by atoms with Gasteiger partial charge < -0.3 is 10.1 Å². The summed E-state index contributed by atoms with van der Waals surface area (Å²) in [6, 6.07) is 0. The van der Waals surface area contributed by atoms with Gasteiger partial charge in [0.1, 0.15) is 0 Å². The van der Waals surface area contributed by atoms with Gasteiger partial charge in [-0.2, -0.15) is 0 Å². The molecular weight excluding hydrogens is 228 g/mol. The molecule has 0 aliphatic carbocycles. The van der Waals surface area contributed by atoms with Crippen LogP contribution in [0.3, 0.4) is 0 Å². The molecule has 0 fully saturated rings. The largest absolute Gasteiger partial charge is 0.382 e. The molecule has 0 spiro atoms. The van der Waals surface area contributed by atoms with Gasteiger partial charge in [0.15, 0.2) is 0 Å². The standard InChI is InChI=1S/C10H24N2O3S/c1-4-11-9-10(3)16(13,14)12-7-6-8-15-5-2/h10-12H,4-9H2,1-3H3. The fourth-order valence-electron chi connectivity index (χ4n) is 1.13. The molecule has 1 unspecified atom stereocenters. The molecule has 6 heteroatoms. The van der Waals surface area contributed by atoms with Gasteiger partial charge in [-0.25, -0.2) is 13.1 Å². The van der Waals surface area contributed by atoms with Gasteiger partial charge in [-0.1, -0.05) is 6.92 Å². The highest BCUT2D eigenvalue weighted by Gasteiger charge is 2.18. The lowest BCUT2D eigenvalue weighted by molar-refractivity contribution is 0.146. The van der Waals surface area contributed by atoms with Crippen LogP contribution in [0.1, 0.15) is 27.2 Å². The second kappa shape index (κ2) is 8.92. The van der Waals surface area contributed by atoms with Crippen molar-refractivity contribution < 1.29 is 13.2 Å². The van der Waals surface area contributed by atoms with Crippen LogP contribution in [0, 0.1) is 0 Å². The minimum absolute atomic E-state index is 0.403. The van der Waals surface area contributed by atoms with Crippen LogP contribution in [0.2, 0.25) is 0 Å². The molecule has 0 aliphatic heterocycles. The van der Waals surface area contributed by atoms with E-state index in [1.54, 1.807) is 6.92 Å². The fourth-order valence-corrected chi connectivity index (χ4v) is 2.18. The van der Waals surface area contributed by atoms with Crippen LogP contribution < -0.4 is 10.0 Å². The molecule has 0 aromatic heterocycles. The molecule has 0 saturated carbocycles. The first-order chi connectivity index (χ1) is 7.54. The van der Waals surface area contributed by atoms with Crippen LogP contribution in [0.15, 0.2) is 0 Å². The summed E-state index contributed by atoms with van der Waals surface area (Å²) < 4.78 is 31.1. The third-order valence-electron chi connectivity index (χ3n) is 2.18. The first kappa shape index (κ1) is 15.8. The quantitative estimate of drug-likeness (QED) is 0.550. The van der Waals surface area contributed by atoms with Crippen LogP contribution >= 0.6 is 0 Å². The van der Waals surface area contributed by atoms with Crippen LogP contribution in [-0.2, 0) is 14.8 Å². The summed E-state index contributed by atoms with van der Waals surface area (Å²) in [6.45, 7) is 8.55. The van der Waals surface area contributed by atoms with Crippen molar-refractivity contribution in [3.8, 4) is 0 Å². The zero-order valence-corrected chi connectivity index (χ0v) is 11.3. The second-order valence-corrected chi connectivity index (χ2v) is 5.79. The molecule has 2 N–H and O–H groups in total. The topological polar surface area (TPSA) is 67.4 Å². The van der Waals surface area contributed by atoms with E-state index < -0.39 is 15.3 Å². The van der Waals surface area contributed by atoms with Crippen molar-refractivity contribution >= 4 is 10.0 Å². The van der Waals surface area contributed by atoms with Gasteiger partial charge in [0.05, 0.1) is 5.25 Å². The van der Waals surface area contributed by atoms with E-state index in [4.69, 9.17) is 4.74 Å². The maximum Gasteiger partial charge on any atom is 0.215 e. The van der Waals surface area contributed by atoms with Gasteiger partial charge in [0.2, 0.25) is 10.0 Å². The number of ether oxygens (including phenoxy) is 1. The highest BCUT2D eigenvalue weighted by molar-refractivity contribution is 7.90. The Morgan fingerprint density at radius 1 is 1.31 bits per heavy atom. The number of rotatable bonds is 10. The Balaban J connectivity index is 3.77. The molecule has 0 saturated heterocycles. The molecule has 0 amide bonds. The van der Waals surface area contributed by atoms with E-state index in [0.717, 1.165) is 6.54 Å². The predicted octanol–water partition coefficient (Wildman–Crippen LogP) is 0.330. The Morgan fingerprint density at radius 2 is 2.00 bits per heavy atom. The van der Waals surface area contributed by atoms with Crippen molar-refractivity contribution in [1.82, 2.24) is 10.0 Å². The van der Waals surface area contributed by atoms with Crippen LogP contribution in [0.4, 0.5) is 0 Å². The second-order valence-electron chi connectivity index (χ2n) is 3.61. The number of sulfonamides is 1. The van der Waals surface area contributed by atoms with Crippen molar-refractivity contribution in [2.45, 2.75) is 32.4 Å². The van der Waals surface area contributed by atoms with Gasteiger partial charge >= 0.3 is 0 Å². The van der Waals surface area contributed by atoms with E-state index in [9.17, 15) is 8.42 Å². The monoisotopic (exact) mass is 252 g/mol. The summed E-state index contributed by atoms with van der Waals surface area (Å²) in [6.07, 6.45) is 0.709. The van der Waals surface area contributed by atoms with Gasteiger partial charge in [-0.3, -0.25) is 0 Å². The van der Waals surface area contributed by atoms with E-state index >= 15 is 0 Å². The molecule has 0 aliphatic rings. The number of hydrogen-bond acceptors (Lipinski definition) is 4. The number of hydrogen-bond donors (Lipinski definition) is 2. The van der Waals surface area contributed by atoms with Gasteiger partial charge in [-0.15, -0.1) is 0 Å². The van der Waals surface area contributed by atoms with Crippen molar-refractivity contribution in [2.75, 3.05) is 32.8 Å². The highest BCUT2D eigenvalue weighted by atomic mass is 32.2. The highest BCUT2D eigenvalue weighted by Crippen LogP contribution is 1.96. The molecule has 16 heavy (non-hydrogen) atoms. The molecule has 0 rings (SSSR count). The molecule has 0 aromatic carbocycles. The third-order valence-corrected chi connectivity index (χ3v) is 4.02. The van der Waals surface area contributed by atoms with Crippen LogP contribution in [-0.4, -0.2) is 46.5 Å². The molecule has 5 nitrogen and oxygen atoms in total. The SMILES string of the molecule is CCNCC(C)S(=O)(=O)NCCCOCC. The number of nitrogens with one attached hydrogen (secondary N) is 2. The zero-order chi connectivity index (χ0) is 12.4. The van der Waals surface area contributed by atoms with Gasteiger partial charge in [0, 0.05) is 26.3 Å². The Bertz CT molecular complexity index is 255. The summed E-state index contributed by atoms with van der Waals surface area (Å²) in [5, 5.41) is 2.62. The molecule has 0 heterocycles. The van der Waals surface area contributed by atoms with Crippen molar-refractivity contribution in [3.05, 3.63) is 0 Å². The van der Waals surface area contributed by atoms with Crippen molar-refractivity contribution in [1.29, 1.82) is 0 Å². The predicted molar refractivity (Wildman–Crippen MR) is 66.0 cm³/mol. The normalized spacial score (nSPS) is 13.9. The van der Waals surface area contributed by atoms with E-state index in [0.29, 0.717) is 32.7 Å². The van der Waals surface area contributed by atoms with Gasteiger partial charge in [0.25, 0.3) is 0 Å². The molecule has 0 radical (unpaired) electrons. The Kier molecular flexibility index (Phi) is 8.83. The lowest BCUT2D eigenvalue weighted by atomic mass is 10.5. The summed E-state index contributed by atoms with van der Waals surface area (Å²) in [5.41, 5.74) is 0. The summed E-state index contributed by atoms with van der Waals surface area (Å²) in [5.74, 6) is 0. The average Bonchev–Trinajstić information content (AvgIpc) is 2.25. The molecule has 98 valence electrons. The lowest BCUT2D eigenvalue weighted by Crippen LogP contribution is -2.39. The zero-order valence-electron chi connectivity index (χ0n) is 10.5. The first-order valence-electron chi connectivity index (χ1n) is 5.81. The molecule has 0 bridgehead atoms. The summed E-state index contributed by atoms with van der Waals surface area (Å²) in [7, 11) is -3.19. The smallest absolute Gasteiger partial charge is 0.215 e. The average molecular weight is 252 g/mol. The lowest BCUT2D eigenvalue weighted by Gasteiger charge is -2.14. The van der Waals surface area contributed by atoms with E-state index in [-0.39, 0.29) is 0 Å².